The number of anilines is 1. The molecule has 2 aromatic carbocycles. The SMILES string of the molecule is O=C(c1cn2c(-c3ccc(C(F)(F)F)cc3)cnc2cn1)N1CCCc2cc(F)ccc21. The molecule has 0 spiro atoms. The maximum Gasteiger partial charge on any atom is 0.416 e. The Morgan fingerprint density at radius 3 is 2.53 bits per heavy atom. The molecule has 0 aliphatic carbocycles. The van der Waals surface area contributed by atoms with Gasteiger partial charge in [-0.25, -0.2) is 14.4 Å². The van der Waals surface area contributed by atoms with Gasteiger partial charge in [0, 0.05) is 24.0 Å². The predicted molar refractivity (Wildman–Crippen MR) is 110 cm³/mol. The van der Waals surface area contributed by atoms with E-state index in [4.69, 9.17) is 0 Å². The van der Waals surface area contributed by atoms with Gasteiger partial charge in [0.2, 0.25) is 0 Å². The molecule has 0 saturated carbocycles. The minimum absolute atomic E-state index is 0.154. The number of hydrogen-bond donors (Lipinski definition) is 0. The number of aryl methyl sites for hydroxylation is 1. The van der Waals surface area contributed by atoms with Gasteiger partial charge in [-0.3, -0.25) is 9.20 Å². The van der Waals surface area contributed by atoms with Crippen molar-refractivity contribution in [3.05, 3.63) is 83.7 Å². The summed E-state index contributed by atoms with van der Waals surface area (Å²) < 4.78 is 53.8. The number of carbonyl (C=O) groups is 1. The topological polar surface area (TPSA) is 50.5 Å². The van der Waals surface area contributed by atoms with Gasteiger partial charge in [0.15, 0.2) is 5.65 Å². The largest absolute Gasteiger partial charge is 0.416 e. The van der Waals surface area contributed by atoms with E-state index in [0.29, 0.717) is 42.0 Å². The molecular formula is C23H16F4N4O. The lowest BCUT2D eigenvalue weighted by molar-refractivity contribution is -0.137. The first kappa shape index (κ1) is 20.2. The molecule has 0 unspecified atom stereocenters. The van der Waals surface area contributed by atoms with Gasteiger partial charge in [-0.05, 0) is 48.7 Å². The Balaban J connectivity index is 1.52. The number of rotatable bonds is 2. The van der Waals surface area contributed by atoms with Crippen molar-refractivity contribution >= 4 is 17.2 Å². The van der Waals surface area contributed by atoms with Crippen LogP contribution in [0.2, 0.25) is 0 Å². The van der Waals surface area contributed by atoms with E-state index >= 15 is 0 Å². The van der Waals surface area contributed by atoms with Crippen LogP contribution in [0.25, 0.3) is 16.9 Å². The second-order valence-corrected chi connectivity index (χ2v) is 7.55. The number of nitrogens with zero attached hydrogens (tertiary/aromatic N) is 4. The lowest BCUT2D eigenvalue weighted by Crippen LogP contribution is -2.36. The minimum Gasteiger partial charge on any atom is -0.307 e. The summed E-state index contributed by atoms with van der Waals surface area (Å²) in [4.78, 5) is 23.3. The first-order chi connectivity index (χ1) is 15.3. The van der Waals surface area contributed by atoms with Crippen molar-refractivity contribution in [2.45, 2.75) is 19.0 Å². The van der Waals surface area contributed by atoms with E-state index < -0.39 is 11.7 Å². The fraction of sp³-hybridized carbons (Fsp3) is 0.174. The van der Waals surface area contributed by atoms with Gasteiger partial charge in [0.1, 0.15) is 11.5 Å². The van der Waals surface area contributed by atoms with E-state index in [9.17, 15) is 22.4 Å². The summed E-state index contributed by atoms with van der Waals surface area (Å²) >= 11 is 0. The molecule has 162 valence electrons. The molecule has 5 nitrogen and oxygen atoms in total. The average Bonchev–Trinajstić information content (AvgIpc) is 3.20. The van der Waals surface area contributed by atoms with Crippen LogP contribution in [0.1, 0.15) is 28.0 Å². The highest BCUT2D eigenvalue weighted by atomic mass is 19.4. The highest BCUT2D eigenvalue weighted by Crippen LogP contribution is 2.32. The zero-order valence-electron chi connectivity index (χ0n) is 16.6. The highest BCUT2D eigenvalue weighted by molar-refractivity contribution is 6.05. The lowest BCUT2D eigenvalue weighted by atomic mass is 10.0. The summed E-state index contributed by atoms with van der Waals surface area (Å²) in [6.07, 6.45) is 1.45. The summed E-state index contributed by atoms with van der Waals surface area (Å²) in [6, 6.07) is 9.08. The smallest absolute Gasteiger partial charge is 0.307 e. The van der Waals surface area contributed by atoms with Gasteiger partial charge in [0.05, 0.1) is 23.7 Å². The average molecular weight is 440 g/mol. The number of alkyl halides is 3. The Kier molecular flexibility index (Phi) is 4.69. The van der Waals surface area contributed by atoms with Gasteiger partial charge in [-0.1, -0.05) is 12.1 Å². The third kappa shape index (κ3) is 3.49. The number of benzene rings is 2. The van der Waals surface area contributed by atoms with Gasteiger partial charge >= 0.3 is 6.18 Å². The number of imidazole rings is 1. The van der Waals surface area contributed by atoms with Crippen LogP contribution in [-0.4, -0.2) is 26.8 Å². The van der Waals surface area contributed by atoms with Crippen LogP contribution in [0, 0.1) is 5.82 Å². The first-order valence-corrected chi connectivity index (χ1v) is 9.92. The number of carbonyl (C=O) groups excluding carboxylic acids is 1. The Bertz CT molecular complexity index is 1330. The van der Waals surface area contributed by atoms with E-state index in [2.05, 4.69) is 9.97 Å². The predicted octanol–water partition coefficient (Wildman–Crippen LogP) is 5.15. The Morgan fingerprint density at radius 1 is 1.00 bits per heavy atom. The number of halogens is 4. The molecule has 32 heavy (non-hydrogen) atoms. The summed E-state index contributed by atoms with van der Waals surface area (Å²) in [5.74, 6) is -0.691. The molecule has 1 amide bonds. The van der Waals surface area contributed by atoms with Crippen LogP contribution in [0.5, 0.6) is 0 Å². The monoisotopic (exact) mass is 440 g/mol. The molecule has 0 fully saturated rings. The molecule has 1 aliphatic rings. The van der Waals surface area contributed by atoms with Crippen LogP contribution in [0.4, 0.5) is 23.2 Å². The Hall–Kier alpha value is -3.75. The van der Waals surface area contributed by atoms with Crippen LogP contribution in [0.15, 0.2) is 61.1 Å². The molecule has 9 heteroatoms. The zero-order chi connectivity index (χ0) is 22.5. The Morgan fingerprint density at radius 2 is 1.78 bits per heavy atom. The van der Waals surface area contributed by atoms with Gasteiger partial charge in [-0.15, -0.1) is 0 Å². The summed E-state index contributed by atoms with van der Waals surface area (Å²) in [5.41, 5.74) is 2.34. The number of hydrogen-bond acceptors (Lipinski definition) is 3. The normalized spacial score (nSPS) is 13.9. The molecule has 1 aliphatic heterocycles. The van der Waals surface area contributed by atoms with Crippen molar-refractivity contribution in [1.82, 2.24) is 14.4 Å². The van der Waals surface area contributed by atoms with Gasteiger partial charge in [0.25, 0.3) is 5.91 Å². The van der Waals surface area contributed by atoms with Gasteiger partial charge < -0.3 is 4.90 Å². The third-order valence-corrected chi connectivity index (χ3v) is 5.53. The Labute approximate surface area is 180 Å². The molecule has 0 atom stereocenters. The summed E-state index contributed by atoms with van der Waals surface area (Å²) in [6.45, 7) is 0.479. The molecule has 0 bridgehead atoms. The lowest BCUT2D eigenvalue weighted by Gasteiger charge is -2.29. The van der Waals surface area contributed by atoms with Crippen molar-refractivity contribution < 1.29 is 22.4 Å². The van der Waals surface area contributed by atoms with E-state index in [-0.39, 0.29) is 17.4 Å². The van der Waals surface area contributed by atoms with E-state index in [0.717, 1.165) is 17.7 Å². The molecule has 0 radical (unpaired) electrons. The molecule has 2 aromatic heterocycles. The quantitative estimate of drug-likeness (QED) is 0.405. The van der Waals surface area contributed by atoms with Gasteiger partial charge in [-0.2, -0.15) is 13.2 Å². The van der Waals surface area contributed by atoms with E-state index in [1.165, 1.54) is 42.9 Å². The van der Waals surface area contributed by atoms with Crippen molar-refractivity contribution in [1.29, 1.82) is 0 Å². The second-order valence-electron chi connectivity index (χ2n) is 7.55. The number of amides is 1. The van der Waals surface area contributed by atoms with Crippen molar-refractivity contribution in [2.24, 2.45) is 0 Å². The summed E-state index contributed by atoms with van der Waals surface area (Å²) in [7, 11) is 0. The van der Waals surface area contributed by atoms with Crippen molar-refractivity contribution in [3.8, 4) is 11.3 Å². The van der Waals surface area contributed by atoms with Crippen molar-refractivity contribution in [3.63, 3.8) is 0 Å². The fourth-order valence-corrected chi connectivity index (χ4v) is 3.96. The molecule has 0 saturated heterocycles. The summed E-state index contributed by atoms with van der Waals surface area (Å²) in [5, 5.41) is 0. The maximum atomic E-state index is 13.6. The minimum atomic E-state index is -4.42. The van der Waals surface area contributed by atoms with Crippen LogP contribution >= 0.6 is 0 Å². The molecular weight excluding hydrogens is 424 g/mol. The molecule has 0 N–H and O–H groups in total. The zero-order valence-corrected chi connectivity index (χ0v) is 16.6. The van der Waals surface area contributed by atoms with Crippen molar-refractivity contribution in [2.75, 3.05) is 11.4 Å². The number of fused-ring (bicyclic) bond motifs is 2. The molecule has 3 heterocycles. The first-order valence-electron chi connectivity index (χ1n) is 9.92. The maximum absolute atomic E-state index is 13.6. The third-order valence-electron chi connectivity index (χ3n) is 5.53. The van der Waals surface area contributed by atoms with E-state index in [1.54, 1.807) is 15.4 Å². The number of aromatic nitrogens is 3. The second kappa shape index (κ2) is 7.44. The van der Waals surface area contributed by atoms with Crippen LogP contribution in [0.3, 0.4) is 0 Å². The van der Waals surface area contributed by atoms with E-state index in [1.807, 2.05) is 0 Å². The highest BCUT2D eigenvalue weighted by Gasteiger charge is 2.30. The molecule has 4 aromatic rings. The van der Waals surface area contributed by atoms with Crippen LogP contribution < -0.4 is 4.90 Å². The fourth-order valence-electron chi connectivity index (χ4n) is 3.96. The standard InChI is InChI=1S/C23H16F4N4O/c24-17-7-8-19-15(10-17)2-1-9-30(19)22(32)18-13-31-20(11-29-21(31)12-28-18)14-3-5-16(6-4-14)23(25,26)27/h3-8,10-13H,1-2,9H2. The van der Waals surface area contributed by atoms with Crippen LogP contribution in [-0.2, 0) is 12.6 Å². The molecule has 5 rings (SSSR count).